The van der Waals surface area contributed by atoms with Crippen LogP contribution in [0.25, 0.3) is 0 Å². The number of nitro benzene ring substituents is 1. The minimum Gasteiger partial charge on any atom is -0.396 e. The van der Waals surface area contributed by atoms with Crippen LogP contribution in [0.3, 0.4) is 0 Å². The lowest BCUT2D eigenvalue weighted by Gasteiger charge is -2.20. The second kappa shape index (κ2) is 5.88. The standard InChI is InChI=1S/C13H17BrN2O3/c1-9-6-13(11(14)7-12(9)16(18)19)15-4-2-10(8-15)3-5-17/h6-7,10,17H,2-5,8H2,1H3. The summed E-state index contributed by atoms with van der Waals surface area (Å²) in [5.74, 6) is 0.507. The van der Waals surface area contributed by atoms with Gasteiger partial charge in [0.05, 0.1) is 10.6 Å². The van der Waals surface area contributed by atoms with Gasteiger partial charge in [0.1, 0.15) is 0 Å². The van der Waals surface area contributed by atoms with E-state index in [9.17, 15) is 10.1 Å². The van der Waals surface area contributed by atoms with Crippen LogP contribution in [0.4, 0.5) is 11.4 Å². The largest absolute Gasteiger partial charge is 0.396 e. The van der Waals surface area contributed by atoms with E-state index in [1.165, 1.54) is 0 Å². The summed E-state index contributed by atoms with van der Waals surface area (Å²) < 4.78 is 0.759. The minimum absolute atomic E-state index is 0.140. The van der Waals surface area contributed by atoms with Crippen molar-refractivity contribution in [1.29, 1.82) is 0 Å². The smallest absolute Gasteiger partial charge is 0.273 e. The zero-order chi connectivity index (χ0) is 14.0. The SMILES string of the molecule is Cc1cc(N2CCC(CCO)C2)c(Br)cc1[N+](=O)[O-]. The van der Waals surface area contributed by atoms with E-state index in [4.69, 9.17) is 5.11 Å². The van der Waals surface area contributed by atoms with Gasteiger partial charge < -0.3 is 10.0 Å². The van der Waals surface area contributed by atoms with Crippen molar-refractivity contribution in [2.45, 2.75) is 19.8 Å². The van der Waals surface area contributed by atoms with Crippen molar-refractivity contribution in [3.05, 3.63) is 32.3 Å². The normalized spacial score (nSPS) is 18.9. The van der Waals surface area contributed by atoms with E-state index < -0.39 is 0 Å². The molecule has 1 aliphatic rings. The van der Waals surface area contributed by atoms with Crippen LogP contribution in [-0.4, -0.2) is 29.7 Å². The monoisotopic (exact) mass is 328 g/mol. The summed E-state index contributed by atoms with van der Waals surface area (Å²) in [5, 5.41) is 19.9. The molecule has 1 aromatic rings. The van der Waals surface area contributed by atoms with Crippen molar-refractivity contribution in [3.63, 3.8) is 0 Å². The van der Waals surface area contributed by atoms with Gasteiger partial charge >= 0.3 is 0 Å². The van der Waals surface area contributed by atoms with Crippen molar-refractivity contribution >= 4 is 27.3 Å². The van der Waals surface area contributed by atoms with Crippen LogP contribution < -0.4 is 4.90 Å². The van der Waals surface area contributed by atoms with Crippen molar-refractivity contribution in [2.24, 2.45) is 5.92 Å². The van der Waals surface area contributed by atoms with E-state index >= 15 is 0 Å². The second-order valence-electron chi connectivity index (χ2n) is 4.96. The first-order valence-electron chi connectivity index (χ1n) is 6.33. The number of hydrogen-bond acceptors (Lipinski definition) is 4. The van der Waals surface area contributed by atoms with Crippen molar-refractivity contribution < 1.29 is 10.0 Å². The molecule has 1 atom stereocenters. The van der Waals surface area contributed by atoms with Gasteiger partial charge in [-0.3, -0.25) is 10.1 Å². The second-order valence-corrected chi connectivity index (χ2v) is 5.81. The number of benzene rings is 1. The average molecular weight is 329 g/mol. The van der Waals surface area contributed by atoms with E-state index in [1.54, 1.807) is 13.0 Å². The molecule has 0 aromatic heterocycles. The van der Waals surface area contributed by atoms with Gasteiger partial charge in [-0.1, -0.05) is 0 Å². The Morgan fingerprint density at radius 3 is 2.95 bits per heavy atom. The first-order valence-corrected chi connectivity index (χ1v) is 7.12. The fourth-order valence-corrected chi connectivity index (χ4v) is 3.15. The molecule has 1 heterocycles. The quantitative estimate of drug-likeness (QED) is 0.681. The summed E-state index contributed by atoms with van der Waals surface area (Å²) >= 11 is 3.42. The molecular weight excluding hydrogens is 312 g/mol. The van der Waals surface area contributed by atoms with E-state index in [-0.39, 0.29) is 17.2 Å². The number of halogens is 1. The Morgan fingerprint density at radius 2 is 2.32 bits per heavy atom. The fraction of sp³-hybridized carbons (Fsp3) is 0.538. The molecule has 6 heteroatoms. The van der Waals surface area contributed by atoms with Crippen LogP contribution in [0.1, 0.15) is 18.4 Å². The summed E-state index contributed by atoms with van der Waals surface area (Å²) in [6.45, 7) is 3.81. The Hall–Kier alpha value is -1.14. The highest BCUT2D eigenvalue weighted by Crippen LogP contribution is 2.36. The lowest BCUT2D eigenvalue weighted by molar-refractivity contribution is -0.385. The van der Waals surface area contributed by atoms with Gasteiger partial charge in [-0.25, -0.2) is 0 Å². The molecule has 0 spiro atoms. The van der Waals surface area contributed by atoms with Crippen molar-refractivity contribution in [1.82, 2.24) is 0 Å². The Labute approximate surface area is 120 Å². The number of anilines is 1. The number of aliphatic hydroxyl groups excluding tert-OH is 1. The Morgan fingerprint density at radius 1 is 1.58 bits per heavy atom. The number of nitrogens with zero attached hydrogens (tertiary/aromatic N) is 2. The predicted molar refractivity (Wildman–Crippen MR) is 77.6 cm³/mol. The minimum atomic E-state index is -0.359. The molecule has 5 nitrogen and oxygen atoms in total. The van der Waals surface area contributed by atoms with Gasteiger partial charge in [0.15, 0.2) is 0 Å². The number of hydrogen-bond donors (Lipinski definition) is 1. The first kappa shape index (κ1) is 14.3. The molecule has 1 unspecified atom stereocenters. The lowest BCUT2D eigenvalue weighted by atomic mass is 10.1. The van der Waals surface area contributed by atoms with Crippen LogP contribution in [0.15, 0.2) is 16.6 Å². The molecule has 0 aliphatic carbocycles. The predicted octanol–water partition coefficient (Wildman–Crippen LogP) is 2.87. The highest BCUT2D eigenvalue weighted by Gasteiger charge is 2.25. The zero-order valence-corrected chi connectivity index (χ0v) is 12.4. The molecule has 1 saturated heterocycles. The third-order valence-corrected chi connectivity index (χ3v) is 4.26. The van der Waals surface area contributed by atoms with Crippen LogP contribution in [0, 0.1) is 23.0 Å². The van der Waals surface area contributed by atoms with Gasteiger partial charge in [-0.15, -0.1) is 0 Å². The van der Waals surface area contributed by atoms with E-state index in [2.05, 4.69) is 20.8 Å². The average Bonchev–Trinajstić information content (AvgIpc) is 2.80. The number of aliphatic hydroxyl groups is 1. The molecule has 1 N–H and O–H groups in total. The van der Waals surface area contributed by atoms with Gasteiger partial charge in [0.25, 0.3) is 5.69 Å². The Bertz CT molecular complexity index is 493. The summed E-state index contributed by atoms with van der Waals surface area (Å²) in [6, 6.07) is 3.44. The molecule has 104 valence electrons. The lowest BCUT2D eigenvalue weighted by Crippen LogP contribution is -2.20. The van der Waals surface area contributed by atoms with Gasteiger partial charge in [0, 0.05) is 35.8 Å². The van der Waals surface area contributed by atoms with Crippen molar-refractivity contribution in [2.75, 3.05) is 24.6 Å². The maximum absolute atomic E-state index is 10.9. The summed E-state index contributed by atoms with van der Waals surface area (Å²) in [4.78, 5) is 12.8. The molecule has 2 rings (SSSR count). The molecule has 0 amide bonds. The molecule has 19 heavy (non-hydrogen) atoms. The van der Waals surface area contributed by atoms with Crippen LogP contribution in [0.2, 0.25) is 0 Å². The zero-order valence-electron chi connectivity index (χ0n) is 10.8. The summed E-state index contributed by atoms with van der Waals surface area (Å²) in [7, 11) is 0. The van der Waals surface area contributed by atoms with Crippen molar-refractivity contribution in [3.8, 4) is 0 Å². The van der Waals surface area contributed by atoms with E-state index in [0.717, 1.165) is 36.1 Å². The number of nitro groups is 1. The molecule has 0 bridgehead atoms. The maximum atomic E-state index is 10.9. The molecule has 0 saturated carbocycles. The van der Waals surface area contributed by atoms with Crippen LogP contribution in [0.5, 0.6) is 0 Å². The third kappa shape index (κ3) is 3.06. The molecular formula is C13H17BrN2O3. The number of aryl methyl sites for hydroxylation is 1. The third-order valence-electron chi connectivity index (χ3n) is 3.63. The van der Waals surface area contributed by atoms with Crippen LogP contribution >= 0.6 is 15.9 Å². The van der Waals surface area contributed by atoms with E-state index in [0.29, 0.717) is 11.5 Å². The highest BCUT2D eigenvalue weighted by molar-refractivity contribution is 9.10. The molecule has 1 aromatic carbocycles. The van der Waals surface area contributed by atoms with Crippen LogP contribution in [-0.2, 0) is 0 Å². The maximum Gasteiger partial charge on any atom is 0.273 e. The highest BCUT2D eigenvalue weighted by atomic mass is 79.9. The topological polar surface area (TPSA) is 66.6 Å². The Kier molecular flexibility index (Phi) is 4.42. The van der Waals surface area contributed by atoms with Gasteiger partial charge in [-0.2, -0.15) is 0 Å². The Balaban J connectivity index is 2.22. The number of rotatable bonds is 4. The van der Waals surface area contributed by atoms with Gasteiger partial charge in [0.2, 0.25) is 0 Å². The summed E-state index contributed by atoms with van der Waals surface area (Å²) in [5.41, 5.74) is 1.82. The van der Waals surface area contributed by atoms with Gasteiger partial charge in [-0.05, 0) is 47.7 Å². The first-order chi connectivity index (χ1) is 9.02. The molecule has 0 radical (unpaired) electrons. The molecule has 1 fully saturated rings. The fourth-order valence-electron chi connectivity index (χ4n) is 2.56. The molecule has 1 aliphatic heterocycles. The van der Waals surface area contributed by atoms with E-state index in [1.807, 2.05) is 6.07 Å². The summed E-state index contributed by atoms with van der Waals surface area (Å²) in [6.07, 6.45) is 1.88.